The Morgan fingerprint density at radius 3 is 2.75 bits per heavy atom. The minimum absolute atomic E-state index is 0.322. The molecule has 2 N–H and O–H groups in total. The van der Waals surface area contributed by atoms with Gasteiger partial charge in [-0.15, -0.1) is 0 Å². The van der Waals surface area contributed by atoms with Gasteiger partial charge < -0.3 is 19.9 Å². The summed E-state index contributed by atoms with van der Waals surface area (Å²) in [6, 6.07) is 7.42. The minimum Gasteiger partial charge on any atom is -0.486 e. The molecule has 1 aromatic heterocycles. The molecule has 0 bridgehead atoms. The van der Waals surface area contributed by atoms with Gasteiger partial charge in [-0.25, -0.2) is 9.97 Å². The van der Waals surface area contributed by atoms with Crippen LogP contribution in [0.2, 0.25) is 0 Å². The van der Waals surface area contributed by atoms with Crippen LogP contribution in [0.1, 0.15) is 5.82 Å². The lowest BCUT2D eigenvalue weighted by atomic mass is 10.1. The Hall–Kier alpha value is -2.34. The van der Waals surface area contributed by atoms with Crippen LogP contribution in [0.25, 0.3) is 11.3 Å². The van der Waals surface area contributed by atoms with Crippen LogP contribution in [0, 0.1) is 0 Å². The molecular formula is C14H15N3O3. The first-order valence-corrected chi connectivity index (χ1v) is 6.28. The van der Waals surface area contributed by atoms with Crippen LogP contribution in [0.15, 0.2) is 24.3 Å². The van der Waals surface area contributed by atoms with Crippen LogP contribution >= 0.6 is 0 Å². The fourth-order valence-corrected chi connectivity index (χ4v) is 2.06. The van der Waals surface area contributed by atoms with E-state index in [0.29, 0.717) is 31.5 Å². The SMILES string of the molecule is COCc1nc(N)cc(-c2ccc3c(c2)OCCO3)n1. The fourth-order valence-electron chi connectivity index (χ4n) is 2.06. The van der Waals surface area contributed by atoms with Crippen LogP contribution in [-0.4, -0.2) is 30.3 Å². The van der Waals surface area contributed by atoms with E-state index >= 15 is 0 Å². The summed E-state index contributed by atoms with van der Waals surface area (Å²) in [6.07, 6.45) is 0. The quantitative estimate of drug-likeness (QED) is 0.915. The monoisotopic (exact) mass is 273 g/mol. The predicted molar refractivity (Wildman–Crippen MR) is 73.6 cm³/mol. The number of nitrogens with zero attached hydrogens (tertiary/aromatic N) is 2. The van der Waals surface area contributed by atoms with Gasteiger partial charge in [-0.3, -0.25) is 0 Å². The molecule has 0 saturated heterocycles. The van der Waals surface area contributed by atoms with E-state index in [1.807, 2.05) is 18.2 Å². The van der Waals surface area contributed by atoms with E-state index in [1.54, 1.807) is 13.2 Å². The van der Waals surface area contributed by atoms with E-state index in [0.717, 1.165) is 22.8 Å². The number of methoxy groups -OCH3 is 1. The average Bonchev–Trinajstić information content (AvgIpc) is 2.46. The maximum Gasteiger partial charge on any atom is 0.162 e. The zero-order valence-electron chi connectivity index (χ0n) is 11.1. The Morgan fingerprint density at radius 2 is 1.95 bits per heavy atom. The number of rotatable bonds is 3. The molecule has 0 spiro atoms. The van der Waals surface area contributed by atoms with Crippen molar-refractivity contribution in [3.63, 3.8) is 0 Å². The van der Waals surface area contributed by atoms with Crippen LogP contribution in [0.5, 0.6) is 11.5 Å². The molecule has 20 heavy (non-hydrogen) atoms. The summed E-state index contributed by atoms with van der Waals surface area (Å²) >= 11 is 0. The number of benzene rings is 1. The molecule has 6 heteroatoms. The standard InChI is InChI=1S/C14H15N3O3/c1-18-8-14-16-10(7-13(15)17-14)9-2-3-11-12(6-9)20-5-4-19-11/h2-3,6-7H,4-5,8H2,1H3,(H2,15,16,17). The molecular weight excluding hydrogens is 258 g/mol. The average molecular weight is 273 g/mol. The molecule has 0 radical (unpaired) electrons. The van der Waals surface area contributed by atoms with Gasteiger partial charge in [-0.05, 0) is 18.2 Å². The highest BCUT2D eigenvalue weighted by atomic mass is 16.6. The summed E-state index contributed by atoms with van der Waals surface area (Å²) in [5.41, 5.74) is 7.44. The first-order chi connectivity index (χ1) is 9.76. The van der Waals surface area contributed by atoms with Gasteiger partial charge in [0.2, 0.25) is 0 Å². The molecule has 1 aliphatic heterocycles. The zero-order chi connectivity index (χ0) is 13.9. The second kappa shape index (κ2) is 5.34. The molecule has 3 rings (SSSR count). The van der Waals surface area contributed by atoms with Crippen molar-refractivity contribution >= 4 is 5.82 Å². The molecule has 0 aliphatic carbocycles. The lowest BCUT2D eigenvalue weighted by molar-refractivity contribution is 0.171. The van der Waals surface area contributed by atoms with Gasteiger partial charge in [0.1, 0.15) is 25.6 Å². The number of nitrogen functional groups attached to an aromatic ring is 1. The van der Waals surface area contributed by atoms with Gasteiger partial charge in [-0.2, -0.15) is 0 Å². The van der Waals surface area contributed by atoms with Crippen molar-refractivity contribution in [3.05, 3.63) is 30.1 Å². The Kier molecular flexibility index (Phi) is 3.39. The highest BCUT2D eigenvalue weighted by Crippen LogP contribution is 2.34. The Bertz CT molecular complexity index is 631. The summed E-state index contributed by atoms with van der Waals surface area (Å²) in [5, 5.41) is 0. The summed E-state index contributed by atoms with van der Waals surface area (Å²) in [6.45, 7) is 1.45. The second-order valence-electron chi connectivity index (χ2n) is 4.39. The number of nitrogens with two attached hydrogens (primary N) is 1. The summed E-state index contributed by atoms with van der Waals surface area (Å²) in [7, 11) is 1.59. The third-order valence-electron chi connectivity index (χ3n) is 2.90. The Balaban J connectivity index is 1.99. The predicted octanol–water partition coefficient (Wildman–Crippen LogP) is 1.64. The first kappa shape index (κ1) is 12.7. The largest absolute Gasteiger partial charge is 0.486 e. The number of aromatic nitrogens is 2. The van der Waals surface area contributed by atoms with Crippen LogP contribution in [0.4, 0.5) is 5.82 Å². The normalized spacial score (nSPS) is 13.2. The van der Waals surface area contributed by atoms with E-state index in [-0.39, 0.29) is 0 Å². The molecule has 6 nitrogen and oxygen atoms in total. The topological polar surface area (TPSA) is 79.5 Å². The maximum atomic E-state index is 5.80. The maximum absolute atomic E-state index is 5.80. The van der Waals surface area contributed by atoms with Gasteiger partial charge >= 0.3 is 0 Å². The molecule has 104 valence electrons. The minimum atomic E-state index is 0.322. The summed E-state index contributed by atoms with van der Waals surface area (Å²) in [5.74, 6) is 2.44. The lowest BCUT2D eigenvalue weighted by Crippen LogP contribution is -2.15. The third kappa shape index (κ3) is 2.50. The number of hydrogen-bond acceptors (Lipinski definition) is 6. The molecule has 2 aromatic rings. The Labute approximate surface area is 116 Å². The summed E-state index contributed by atoms with van der Waals surface area (Å²) < 4.78 is 16.1. The zero-order valence-corrected chi connectivity index (χ0v) is 11.1. The van der Waals surface area contributed by atoms with Crippen molar-refractivity contribution in [2.24, 2.45) is 0 Å². The molecule has 0 amide bonds. The fraction of sp³-hybridized carbons (Fsp3) is 0.286. The van der Waals surface area contributed by atoms with Crippen molar-refractivity contribution in [2.45, 2.75) is 6.61 Å². The van der Waals surface area contributed by atoms with E-state index < -0.39 is 0 Å². The number of hydrogen-bond donors (Lipinski definition) is 1. The van der Waals surface area contributed by atoms with Crippen molar-refractivity contribution in [3.8, 4) is 22.8 Å². The highest BCUT2D eigenvalue weighted by molar-refractivity contribution is 5.66. The van der Waals surface area contributed by atoms with Crippen LogP contribution in [-0.2, 0) is 11.3 Å². The van der Waals surface area contributed by atoms with Gasteiger partial charge in [0.25, 0.3) is 0 Å². The molecule has 2 heterocycles. The smallest absolute Gasteiger partial charge is 0.162 e. The van der Waals surface area contributed by atoms with E-state index in [2.05, 4.69) is 9.97 Å². The molecule has 1 aromatic carbocycles. The lowest BCUT2D eigenvalue weighted by Gasteiger charge is -2.18. The molecule has 0 fully saturated rings. The van der Waals surface area contributed by atoms with Gasteiger partial charge in [0.15, 0.2) is 17.3 Å². The molecule has 0 atom stereocenters. The molecule has 0 unspecified atom stereocenters. The van der Waals surface area contributed by atoms with Gasteiger partial charge in [-0.1, -0.05) is 0 Å². The van der Waals surface area contributed by atoms with Gasteiger partial charge in [0.05, 0.1) is 5.69 Å². The van der Waals surface area contributed by atoms with Crippen LogP contribution in [0.3, 0.4) is 0 Å². The Morgan fingerprint density at radius 1 is 1.15 bits per heavy atom. The van der Waals surface area contributed by atoms with Crippen molar-refractivity contribution < 1.29 is 14.2 Å². The summed E-state index contributed by atoms with van der Waals surface area (Å²) in [4.78, 5) is 8.55. The van der Waals surface area contributed by atoms with Crippen molar-refractivity contribution in [1.29, 1.82) is 0 Å². The number of ether oxygens (including phenoxy) is 3. The van der Waals surface area contributed by atoms with Crippen molar-refractivity contribution in [1.82, 2.24) is 9.97 Å². The second-order valence-corrected chi connectivity index (χ2v) is 4.39. The van der Waals surface area contributed by atoms with Crippen LogP contribution < -0.4 is 15.2 Å². The van der Waals surface area contributed by atoms with Crippen molar-refractivity contribution in [2.75, 3.05) is 26.1 Å². The number of anilines is 1. The third-order valence-corrected chi connectivity index (χ3v) is 2.90. The molecule has 1 aliphatic rings. The van der Waals surface area contributed by atoms with E-state index in [9.17, 15) is 0 Å². The number of fused-ring (bicyclic) bond motifs is 1. The first-order valence-electron chi connectivity index (χ1n) is 6.28. The van der Waals surface area contributed by atoms with E-state index in [1.165, 1.54) is 0 Å². The molecule has 0 saturated carbocycles. The van der Waals surface area contributed by atoms with Gasteiger partial charge in [0, 0.05) is 18.7 Å². The highest BCUT2D eigenvalue weighted by Gasteiger charge is 2.13. The van der Waals surface area contributed by atoms with E-state index in [4.69, 9.17) is 19.9 Å².